The van der Waals surface area contributed by atoms with E-state index in [-0.39, 0.29) is 0 Å². The van der Waals surface area contributed by atoms with E-state index >= 15 is 0 Å². The van der Waals surface area contributed by atoms with E-state index in [0.717, 1.165) is 37.2 Å². The minimum atomic E-state index is 0.493. The normalized spacial score (nSPS) is 10.8. The van der Waals surface area contributed by atoms with Crippen molar-refractivity contribution in [3.8, 4) is 11.5 Å². The summed E-state index contributed by atoms with van der Waals surface area (Å²) in [6.45, 7) is 5.16. The van der Waals surface area contributed by atoms with E-state index in [0.29, 0.717) is 11.0 Å². The van der Waals surface area contributed by atoms with Crippen LogP contribution in [0.5, 0.6) is 0 Å². The number of aryl methyl sites for hydroxylation is 2. The highest BCUT2D eigenvalue weighted by molar-refractivity contribution is 6.29. The molecule has 4 nitrogen and oxygen atoms in total. The highest BCUT2D eigenvalue weighted by Gasteiger charge is 2.10. The summed E-state index contributed by atoms with van der Waals surface area (Å²) >= 11 is 6.05. The molecule has 0 bridgehead atoms. The van der Waals surface area contributed by atoms with Crippen LogP contribution in [-0.2, 0) is 13.0 Å². The third kappa shape index (κ3) is 2.88. The predicted molar refractivity (Wildman–Crippen MR) is 72.5 cm³/mol. The van der Waals surface area contributed by atoms with Crippen molar-refractivity contribution < 1.29 is 0 Å². The van der Waals surface area contributed by atoms with Crippen LogP contribution >= 0.6 is 11.6 Å². The maximum Gasteiger partial charge on any atom is 0.179 e. The maximum atomic E-state index is 6.05. The van der Waals surface area contributed by atoms with Crippen molar-refractivity contribution in [2.24, 2.45) is 0 Å². The fraction of sp³-hybridized carbons (Fsp3) is 0.462. The number of nitrogens with zero attached hydrogens (tertiary/aromatic N) is 4. The van der Waals surface area contributed by atoms with E-state index in [1.807, 2.05) is 12.4 Å². The van der Waals surface area contributed by atoms with Gasteiger partial charge in [-0.15, -0.1) is 0 Å². The molecule has 0 radical (unpaired) electrons. The van der Waals surface area contributed by atoms with Crippen LogP contribution < -0.4 is 0 Å². The van der Waals surface area contributed by atoms with Gasteiger partial charge in [-0.25, -0.2) is 15.0 Å². The molecule has 0 aliphatic rings. The second-order valence-electron chi connectivity index (χ2n) is 4.23. The van der Waals surface area contributed by atoms with E-state index in [4.69, 9.17) is 11.6 Å². The zero-order valence-corrected chi connectivity index (χ0v) is 11.5. The van der Waals surface area contributed by atoms with Crippen LogP contribution in [-0.4, -0.2) is 19.5 Å². The third-order valence-corrected chi connectivity index (χ3v) is 2.85. The summed E-state index contributed by atoms with van der Waals surface area (Å²) in [5.74, 6) is 0.664. The SMILES string of the molecule is CCCc1cc(Cl)nc(-c2cncn2CCC)n1. The molecule has 0 unspecified atom stereocenters. The van der Waals surface area contributed by atoms with Gasteiger partial charge < -0.3 is 4.57 Å². The van der Waals surface area contributed by atoms with E-state index in [1.165, 1.54) is 0 Å². The largest absolute Gasteiger partial charge is 0.328 e. The molecular formula is C13H17ClN4. The van der Waals surface area contributed by atoms with Crippen molar-refractivity contribution in [3.05, 3.63) is 29.4 Å². The first-order valence-electron chi connectivity index (χ1n) is 6.28. The molecule has 0 spiro atoms. The molecule has 0 saturated heterocycles. The zero-order valence-electron chi connectivity index (χ0n) is 10.7. The summed E-state index contributed by atoms with van der Waals surface area (Å²) in [5.41, 5.74) is 1.91. The van der Waals surface area contributed by atoms with Crippen LogP contribution in [0, 0.1) is 0 Å². The average molecular weight is 265 g/mol. The number of hydrogen-bond acceptors (Lipinski definition) is 3. The lowest BCUT2D eigenvalue weighted by Crippen LogP contribution is -2.02. The van der Waals surface area contributed by atoms with Crippen LogP contribution in [0.15, 0.2) is 18.6 Å². The second-order valence-corrected chi connectivity index (χ2v) is 4.62. The number of imidazole rings is 1. The molecule has 0 aliphatic heterocycles. The van der Waals surface area contributed by atoms with Gasteiger partial charge in [0.15, 0.2) is 5.82 Å². The highest BCUT2D eigenvalue weighted by Crippen LogP contribution is 2.19. The molecule has 18 heavy (non-hydrogen) atoms. The number of rotatable bonds is 5. The maximum absolute atomic E-state index is 6.05. The standard InChI is InChI=1S/C13H17ClN4/c1-3-5-10-7-12(14)17-13(16-10)11-8-15-9-18(11)6-4-2/h7-9H,3-6H2,1-2H3. The predicted octanol–water partition coefficient (Wildman–Crippen LogP) is 3.36. The molecule has 2 aromatic heterocycles. The van der Waals surface area contributed by atoms with E-state index < -0.39 is 0 Å². The molecule has 0 saturated carbocycles. The Bertz CT molecular complexity index is 521. The molecule has 2 heterocycles. The van der Waals surface area contributed by atoms with Gasteiger partial charge in [0.25, 0.3) is 0 Å². The van der Waals surface area contributed by atoms with Crippen LogP contribution in [0.1, 0.15) is 32.4 Å². The van der Waals surface area contributed by atoms with E-state index in [9.17, 15) is 0 Å². The Hall–Kier alpha value is -1.42. The molecule has 0 aromatic carbocycles. The van der Waals surface area contributed by atoms with Crippen LogP contribution in [0.3, 0.4) is 0 Å². The number of aromatic nitrogens is 4. The Balaban J connectivity index is 2.39. The summed E-state index contributed by atoms with van der Waals surface area (Å²) in [7, 11) is 0. The van der Waals surface area contributed by atoms with E-state index in [2.05, 4.69) is 33.4 Å². The summed E-state index contributed by atoms with van der Waals surface area (Å²) in [4.78, 5) is 13.0. The molecular weight excluding hydrogens is 248 g/mol. The van der Waals surface area contributed by atoms with Gasteiger partial charge >= 0.3 is 0 Å². The molecule has 0 atom stereocenters. The molecule has 0 amide bonds. The molecule has 5 heteroatoms. The molecule has 2 rings (SSSR count). The summed E-state index contributed by atoms with van der Waals surface area (Å²) in [6.07, 6.45) is 6.60. The van der Waals surface area contributed by atoms with Gasteiger partial charge in [0.1, 0.15) is 10.8 Å². The summed E-state index contributed by atoms with van der Waals surface area (Å²) < 4.78 is 2.06. The molecule has 0 aliphatic carbocycles. The Labute approximate surface area is 112 Å². The van der Waals surface area contributed by atoms with Gasteiger partial charge in [-0.05, 0) is 18.9 Å². The van der Waals surface area contributed by atoms with Gasteiger partial charge in [0.2, 0.25) is 0 Å². The Kier molecular flexibility index (Phi) is 4.31. The first kappa shape index (κ1) is 13.0. The molecule has 96 valence electrons. The Morgan fingerprint density at radius 1 is 1.22 bits per heavy atom. The molecule has 0 N–H and O–H groups in total. The van der Waals surface area contributed by atoms with Crippen molar-refractivity contribution in [3.63, 3.8) is 0 Å². The van der Waals surface area contributed by atoms with Crippen molar-refractivity contribution in [2.75, 3.05) is 0 Å². The van der Waals surface area contributed by atoms with E-state index in [1.54, 1.807) is 6.20 Å². The van der Waals surface area contributed by atoms with Crippen LogP contribution in [0.2, 0.25) is 5.15 Å². The smallest absolute Gasteiger partial charge is 0.179 e. The third-order valence-electron chi connectivity index (χ3n) is 2.66. The van der Waals surface area contributed by atoms with Gasteiger partial charge in [-0.1, -0.05) is 31.9 Å². The number of hydrogen-bond donors (Lipinski definition) is 0. The van der Waals surface area contributed by atoms with Gasteiger partial charge in [0, 0.05) is 12.2 Å². The van der Waals surface area contributed by atoms with Crippen molar-refractivity contribution in [2.45, 2.75) is 39.7 Å². The lowest BCUT2D eigenvalue weighted by molar-refractivity contribution is 0.680. The van der Waals surface area contributed by atoms with Gasteiger partial charge in [-0.3, -0.25) is 0 Å². The van der Waals surface area contributed by atoms with Gasteiger partial charge in [-0.2, -0.15) is 0 Å². The van der Waals surface area contributed by atoms with Crippen molar-refractivity contribution in [1.29, 1.82) is 0 Å². The van der Waals surface area contributed by atoms with Crippen molar-refractivity contribution >= 4 is 11.6 Å². The summed E-state index contributed by atoms with van der Waals surface area (Å²) in [5, 5.41) is 0.493. The topological polar surface area (TPSA) is 43.6 Å². The minimum Gasteiger partial charge on any atom is -0.328 e. The monoisotopic (exact) mass is 264 g/mol. The summed E-state index contributed by atoms with van der Waals surface area (Å²) in [6, 6.07) is 1.83. The Morgan fingerprint density at radius 2 is 2.06 bits per heavy atom. The second kappa shape index (κ2) is 5.96. The van der Waals surface area contributed by atoms with Crippen LogP contribution in [0.4, 0.5) is 0 Å². The minimum absolute atomic E-state index is 0.493. The Morgan fingerprint density at radius 3 is 2.78 bits per heavy atom. The molecule has 0 fully saturated rings. The van der Waals surface area contributed by atoms with Gasteiger partial charge in [0.05, 0.1) is 12.5 Å². The fourth-order valence-electron chi connectivity index (χ4n) is 1.89. The lowest BCUT2D eigenvalue weighted by Gasteiger charge is -2.07. The average Bonchev–Trinajstić information content (AvgIpc) is 2.77. The first-order valence-corrected chi connectivity index (χ1v) is 6.66. The number of halogens is 1. The first-order chi connectivity index (χ1) is 8.74. The highest BCUT2D eigenvalue weighted by atomic mass is 35.5. The quantitative estimate of drug-likeness (QED) is 0.778. The van der Waals surface area contributed by atoms with Crippen LogP contribution in [0.25, 0.3) is 11.5 Å². The molecule has 2 aromatic rings. The lowest BCUT2D eigenvalue weighted by atomic mass is 10.2. The fourth-order valence-corrected chi connectivity index (χ4v) is 2.10. The van der Waals surface area contributed by atoms with Crippen molar-refractivity contribution in [1.82, 2.24) is 19.5 Å². The zero-order chi connectivity index (χ0) is 13.0.